The van der Waals surface area contributed by atoms with Crippen LogP contribution in [0.2, 0.25) is 0 Å². The van der Waals surface area contributed by atoms with Gasteiger partial charge < -0.3 is 33.0 Å². The highest BCUT2D eigenvalue weighted by atomic mass is 16.5. The molecule has 2 aromatic heterocycles. The zero-order chi connectivity index (χ0) is 39.1. The fraction of sp³-hybridized carbons (Fsp3) is 0.348. The molecule has 10 heteroatoms. The number of para-hydroxylation sites is 1. The van der Waals surface area contributed by atoms with E-state index in [1.54, 1.807) is 13.2 Å². The van der Waals surface area contributed by atoms with Crippen LogP contribution in [-0.4, -0.2) is 60.5 Å². The minimum atomic E-state index is -0.357. The second-order valence-electron chi connectivity index (χ2n) is 14.1. The summed E-state index contributed by atoms with van der Waals surface area (Å²) in [7, 11) is 5.62. The molecule has 0 unspecified atom stereocenters. The molecular weight excluding hydrogens is 707 g/mol. The van der Waals surface area contributed by atoms with Crippen LogP contribution in [0.1, 0.15) is 59.2 Å². The Balaban J connectivity index is 1.21. The summed E-state index contributed by atoms with van der Waals surface area (Å²) in [6.45, 7) is 8.68. The van der Waals surface area contributed by atoms with E-state index in [1.807, 2.05) is 72.7 Å². The first kappa shape index (κ1) is 38.8. The number of aryl methyl sites for hydroxylation is 3. The number of carbonyl (C=O) groups excluding carboxylic acids is 1. The Labute approximate surface area is 328 Å². The Hall–Kier alpha value is -5.42. The van der Waals surface area contributed by atoms with Gasteiger partial charge in [-0.3, -0.25) is 4.68 Å². The summed E-state index contributed by atoms with van der Waals surface area (Å²) in [6, 6.07) is 28.6. The third kappa shape index (κ3) is 7.82. The maximum atomic E-state index is 13.7. The minimum absolute atomic E-state index is 0.219. The van der Waals surface area contributed by atoms with Gasteiger partial charge in [0, 0.05) is 69.2 Å². The fourth-order valence-electron chi connectivity index (χ4n) is 8.01. The number of esters is 1. The predicted octanol–water partition coefficient (Wildman–Crippen LogP) is 8.85. The van der Waals surface area contributed by atoms with E-state index < -0.39 is 0 Å². The van der Waals surface area contributed by atoms with Crippen LogP contribution in [0.4, 0.5) is 0 Å². The van der Waals surface area contributed by atoms with Crippen LogP contribution in [-0.2, 0) is 58.3 Å². The van der Waals surface area contributed by atoms with Crippen LogP contribution in [0.3, 0.4) is 0 Å². The van der Waals surface area contributed by atoms with Crippen molar-refractivity contribution in [2.45, 2.75) is 51.4 Å². The number of fused-ring (bicyclic) bond motifs is 2. The molecule has 292 valence electrons. The molecule has 1 fully saturated rings. The van der Waals surface area contributed by atoms with Crippen LogP contribution in [0, 0.1) is 0 Å². The molecule has 4 aromatic carbocycles. The lowest BCUT2D eigenvalue weighted by Gasteiger charge is -2.36. The summed E-state index contributed by atoms with van der Waals surface area (Å²) in [6.07, 6.45) is 4.66. The first-order valence-electron chi connectivity index (χ1n) is 19.4. The van der Waals surface area contributed by atoms with Gasteiger partial charge in [-0.2, -0.15) is 5.10 Å². The highest BCUT2D eigenvalue weighted by molar-refractivity contribution is 6.04. The number of aromatic nitrogens is 3. The van der Waals surface area contributed by atoms with Gasteiger partial charge in [0.05, 0.1) is 43.2 Å². The van der Waals surface area contributed by atoms with E-state index in [0.717, 1.165) is 79.7 Å². The zero-order valence-corrected chi connectivity index (χ0v) is 32.8. The zero-order valence-electron chi connectivity index (χ0n) is 32.8. The summed E-state index contributed by atoms with van der Waals surface area (Å²) >= 11 is 0. The maximum Gasteiger partial charge on any atom is 0.355 e. The Kier molecular flexibility index (Phi) is 12.2. The normalized spacial score (nSPS) is 13.9. The maximum absolute atomic E-state index is 13.7. The van der Waals surface area contributed by atoms with Crippen LogP contribution in [0.25, 0.3) is 32.8 Å². The second-order valence-corrected chi connectivity index (χ2v) is 14.1. The number of carbonyl (C=O) groups is 1. The Bertz CT molecular complexity index is 2290. The van der Waals surface area contributed by atoms with Crippen LogP contribution >= 0.6 is 0 Å². The monoisotopic (exact) mass is 757 g/mol. The smallest absolute Gasteiger partial charge is 0.355 e. The number of ether oxygens (including phenoxy) is 6. The molecule has 1 aliphatic heterocycles. The molecule has 0 N–H and O–H groups in total. The van der Waals surface area contributed by atoms with Crippen LogP contribution < -0.4 is 9.47 Å². The van der Waals surface area contributed by atoms with E-state index in [4.69, 9.17) is 33.5 Å². The first-order chi connectivity index (χ1) is 27.4. The molecule has 56 heavy (non-hydrogen) atoms. The Morgan fingerprint density at radius 2 is 1.68 bits per heavy atom. The van der Waals surface area contributed by atoms with E-state index in [0.29, 0.717) is 51.6 Å². The molecule has 0 bridgehead atoms. The molecule has 0 amide bonds. The van der Waals surface area contributed by atoms with E-state index in [2.05, 4.69) is 49.0 Å². The Morgan fingerprint density at radius 1 is 0.929 bits per heavy atom. The fourth-order valence-corrected chi connectivity index (χ4v) is 8.01. The number of hydrogen-bond donors (Lipinski definition) is 0. The highest BCUT2D eigenvalue weighted by Gasteiger charge is 2.34. The summed E-state index contributed by atoms with van der Waals surface area (Å²) < 4.78 is 39.8. The molecule has 0 radical (unpaired) electrons. The molecule has 1 aliphatic rings. The van der Waals surface area contributed by atoms with Crippen molar-refractivity contribution in [3.05, 3.63) is 126 Å². The Morgan fingerprint density at radius 3 is 2.45 bits per heavy atom. The topological polar surface area (TPSA) is 95.2 Å². The molecule has 6 aromatic rings. The van der Waals surface area contributed by atoms with Gasteiger partial charge in [-0.1, -0.05) is 72.8 Å². The molecule has 0 atom stereocenters. The van der Waals surface area contributed by atoms with Crippen molar-refractivity contribution in [1.29, 1.82) is 0 Å². The van der Waals surface area contributed by atoms with Gasteiger partial charge in [0.25, 0.3) is 0 Å². The van der Waals surface area contributed by atoms with E-state index in [9.17, 15) is 4.79 Å². The number of nitrogens with zero attached hydrogens (tertiary/aromatic N) is 3. The van der Waals surface area contributed by atoms with Crippen molar-refractivity contribution in [3.8, 4) is 22.6 Å². The average Bonchev–Trinajstić information content (AvgIpc) is 3.70. The van der Waals surface area contributed by atoms with E-state index in [-0.39, 0.29) is 24.8 Å². The standard InChI is InChI=1S/C46H51N3O7/c1-6-26-53-31-40-42(39(47-49(40)4)30-56-34-22-20-33(21-23-34)46(51-5)24-28-52-29-25-46)38-17-11-16-36-37(44(45(50)54-7-2)48(3)43(36)38)18-12-27-55-41-19-10-14-32-13-8-9-15-35(32)41/h6,8-11,13-17,19-23H,1,7,12,18,24-31H2,2-5H3. The second kappa shape index (κ2) is 17.6. The van der Waals surface area contributed by atoms with Crippen LogP contribution in [0.15, 0.2) is 97.6 Å². The molecule has 3 heterocycles. The third-order valence-electron chi connectivity index (χ3n) is 10.8. The first-order valence-corrected chi connectivity index (χ1v) is 19.4. The number of rotatable bonds is 17. The van der Waals surface area contributed by atoms with E-state index >= 15 is 0 Å². The average molecular weight is 758 g/mol. The quantitative estimate of drug-likeness (QED) is 0.0518. The molecule has 0 spiro atoms. The van der Waals surface area contributed by atoms with Gasteiger partial charge in [0.2, 0.25) is 0 Å². The van der Waals surface area contributed by atoms with Crippen molar-refractivity contribution in [2.24, 2.45) is 14.1 Å². The number of benzene rings is 4. The summed E-state index contributed by atoms with van der Waals surface area (Å²) in [5, 5.41) is 8.16. The van der Waals surface area contributed by atoms with Crippen LogP contribution in [0.5, 0.6) is 11.5 Å². The van der Waals surface area contributed by atoms with Gasteiger partial charge >= 0.3 is 5.97 Å². The SMILES string of the molecule is C=CCOCc1c(-c2cccc3c(CCCOc4cccc5ccccc45)c(C(=O)OCC)n(C)c23)c(COc2ccc(C3(OC)CCOCC3)cc2)nn1C. The van der Waals surface area contributed by atoms with Gasteiger partial charge in [-0.05, 0) is 54.5 Å². The molecule has 7 rings (SSSR count). The lowest BCUT2D eigenvalue weighted by molar-refractivity contribution is -0.0948. The molecule has 0 aliphatic carbocycles. The number of hydrogen-bond acceptors (Lipinski definition) is 8. The van der Waals surface area contributed by atoms with Crippen molar-refractivity contribution >= 4 is 27.6 Å². The van der Waals surface area contributed by atoms with Gasteiger partial charge in [0.1, 0.15) is 29.5 Å². The minimum Gasteiger partial charge on any atom is -0.493 e. The molecule has 10 nitrogen and oxygen atoms in total. The lowest BCUT2D eigenvalue weighted by atomic mass is 9.86. The van der Waals surface area contributed by atoms with Gasteiger partial charge in [0.15, 0.2) is 0 Å². The highest BCUT2D eigenvalue weighted by Crippen LogP contribution is 2.40. The molecular formula is C46H51N3O7. The molecule has 1 saturated heterocycles. The predicted molar refractivity (Wildman–Crippen MR) is 218 cm³/mol. The largest absolute Gasteiger partial charge is 0.493 e. The summed E-state index contributed by atoms with van der Waals surface area (Å²) in [4.78, 5) is 13.7. The number of methoxy groups -OCH3 is 1. The van der Waals surface area contributed by atoms with Crippen molar-refractivity contribution < 1.29 is 33.2 Å². The molecule has 0 saturated carbocycles. The third-order valence-corrected chi connectivity index (χ3v) is 10.8. The van der Waals surface area contributed by atoms with Crippen molar-refractivity contribution in [3.63, 3.8) is 0 Å². The summed E-state index contributed by atoms with van der Waals surface area (Å²) in [5.41, 5.74) is 6.59. The summed E-state index contributed by atoms with van der Waals surface area (Å²) in [5.74, 6) is 1.22. The van der Waals surface area contributed by atoms with Crippen molar-refractivity contribution in [1.82, 2.24) is 14.3 Å². The van der Waals surface area contributed by atoms with Crippen molar-refractivity contribution in [2.75, 3.05) is 40.1 Å². The van der Waals surface area contributed by atoms with Gasteiger partial charge in [-0.15, -0.1) is 6.58 Å². The lowest BCUT2D eigenvalue weighted by Crippen LogP contribution is -2.35. The van der Waals surface area contributed by atoms with Gasteiger partial charge in [-0.25, -0.2) is 4.79 Å². The van der Waals surface area contributed by atoms with E-state index in [1.165, 1.54) is 0 Å².